The number of hydrogen-bond donors (Lipinski definition) is 1. The van der Waals surface area contributed by atoms with Crippen LogP contribution < -0.4 is 5.32 Å². The van der Waals surface area contributed by atoms with Crippen LogP contribution in [-0.4, -0.2) is 33.1 Å². The van der Waals surface area contributed by atoms with Crippen LogP contribution in [0.3, 0.4) is 0 Å². The van der Waals surface area contributed by atoms with Crippen molar-refractivity contribution in [2.24, 2.45) is 0 Å². The zero-order valence-corrected chi connectivity index (χ0v) is 12.7. The number of carbonyl (C=O) groups is 1. The first-order chi connectivity index (χ1) is 9.32. The highest BCUT2D eigenvalue weighted by Gasteiger charge is 2.24. The maximum absolute atomic E-state index is 12.0. The van der Waals surface area contributed by atoms with E-state index in [1.807, 2.05) is 0 Å². The minimum atomic E-state index is -0.941. The summed E-state index contributed by atoms with van der Waals surface area (Å²) in [5.74, 6) is -0.104. The molecule has 1 amide bonds. The summed E-state index contributed by atoms with van der Waals surface area (Å²) in [5.41, 5.74) is -0.482. The third-order valence-corrected chi connectivity index (χ3v) is 3.75. The normalized spacial score (nSPS) is 13.6. The van der Waals surface area contributed by atoms with E-state index in [1.54, 1.807) is 13.2 Å². The average Bonchev–Trinajstić information content (AvgIpc) is 2.35. The van der Waals surface area contributed by atoms with E-state index in [-0.39, 0.29) is 16.6 Å². The number of rotatable bonds is 6. The molecule has 8 heteroatoms. The third kappa shape index (κ3) is 4.57. The van der Waals surface area contributed by atoms with Crippen LogP contribution in [0.4, 0.5) is 5.69 Å². The lowest BCUT2D eigenvalue weighted by molar-refractivity contribution is -0.385. The molecule has 1 N–H and O–H groups in total. The largest absolute Gasteiger partial charge is 0.349 e. The van der Waals surface area contributed by atoms with Crippen molar-refractivity contribution in [3.8, 4) is 0 Å². The summed E-state index contributed by atoms with van der Waals surface area (Å²) >= 11 is 5.75. The van der Waals surface area contributed by atoms with Gasteiger partial charge in [-0.3, -0.25) is 19.1 Å². The van der Waals surface area contributed by atoms with Gasteiger partial charge in [0.2, 0.25) is 0 Å². The second kappa shape index (κ2) is 7.35. The quantitative estimate of drug-likeness (QED) is 0.642. The number of nitro benzene ring substituents is 1. The molecular formula is C12H15ClN2O4S. The Morgan fingerprint density at radius 3 is 2.75 bits per heavy atom. The molecule has 0 spiro atoms. The monoisotopic (exact) mass is 318 g/mol. The highest BCUT2D eigenvalue weighted by atomic mass is 35.5. The Kier molecular flexibility index (Phi) is 6.09. The Balaban J connectivity index is 2.85. The van der Waals surface area contributed by atoms with E-state index in [0.717, 1.165) is 0 Å². The summed E-state index contributed by atoms with van der Waals surface area (Å²) in [5, 5.41) is 13.5. The van der Waals surface area contributed by atoms with E-state index in [1.165, 1.54) is 18.2 Å². The Labute approximate surface area is 124 Å². The first kappa shape index (κ1) is 16.6. The molecule has 20 heavy (non-hydrogen) atoms. The van der Waals surface area contributed by atoms with E-state index in [0.29, 0.717) is 12.2 Å². The summed E-state index contributed by atoms with van der Waals surface area (Å²) < 4.78 is 11.0. The first-order valence-electron chi connectivity index (χ1n) is 5.86. The number of nitrogens with zero attached hydrogens (tertiary/aromatic N) is 1. The van der Waals surface area contributed by atoms with Crippen molar-refractivity contribution in [3.63, 3.8) is 0 Å². The van der Waals surface area contributed by atoms with Gasteiger partial charge in [0.15, 0.2) is 0 Å². The van der Waals surface area contributed by atoms with Gasteiger partial charge >= 0.3 is 5.69 Å². The summed E-state index contributed by atoms with van der Waals surface area (Å²) in [6.07, 6.45) is 2.11. The lowest BCUT2D eigenvalue weighted by Crippen LogP contribution is -2.33. The molecule has 0 aliphatic carbocycles. The van der Waals surface area contributed by atoms with Crippen LogP contribution in [0, 0.1) is 10.1 Å². The molecule has 0 bridgehead atoms. The molecule has 0 aliphatic rings. The van der Waals surface area contributed by atoms with E-state index < -0.39 is 27.3 Å². The standard InChI is InChI=1S/C12H15ClN2O4S/c1-8(6-7-20(2)19)14-12(16)9-4-3-5-10(13)11(9)15(17)18/h3-5,8H,6-7H2,1-2H3,(H,14,16). The number of halogens is 1. The van der Waals surface area contributed by atoms with Crippen molar-refractivity contribution >= 4 is 34.0 Å². The van der Waals surface area contributed by atoms with Crippen molar-refractivity contribution in [3.05, 3.63) is 38.9 Å². The van der Waals surface area contributed by atoms with Crippen LogP contribution in [0.15, 0.2) is 18.2 Å². The fourth-order valence-electron chi connectivity index (χ4n) is 1.60. The molecule has 0 saturated carbocycles. The van der Waals surface area contributed by atoms with Gasteiger partial charge in [-0.15, -0.1) is 0 Å². The predicted molar refractivity (Wildman–Crippen MR) is 78.6 cm³/mol. The van der Waals surface area contributed by atoms with Gasteiger partial charge in [0.1, 0.15) is 10.6 Å². The third-order valence-electron chi connectivity index (χ3n) is 2.63. The molecule has 2 atom stereocenters. The van der Waals surface area contributed by atoms with Crippen molar-refractivity contribution in [2.75, 3.05) is 12.0 Å². The molecular weight excluding hydrogens is 304 g/mol. The molecule has 2 unspecified atom stereocenters. The van der Waals surface area contributed by atoms with Gasteiger partial charge in [-0.25, -0.2) is 0 Å². The zero-order chi connectivity index (χ0) is 15.3. The van der Waals surface area contributed by atoms with Gasteiger partial charge in [-0.1, -0.05) is 17.7 Å². The van der Waals surface area contributed by atoms with Crippen LogP contribution in [-0.2, 0) is 10.8 Å². The molecule has 0 fully saturated rings. The maximum Gasteiger partial charge on any atom is 0.300 e. The molecule has 1 rings (SSSR count). The van der Waals surface area contributed by atoms with Crippen LogP contribution >= 0.6 is 11.6 Å². The van der Waals surface area contributed by atoms with Gasteiger partial charge in [-0.2, -0.15) is 0 Å². The molecule has 0 heterocycles. The Hall–Kier alpha value is -1.47. The number of benzene rings is 1. The van der Waals surface area contributed by atoms with Crippen LogP contribution in [0.25, 0.3) is 0 Å². The van der Waals surface area contributed by atoms with E-state index >= 15 is 0 Å². The maximum atomic E-state index is 12.0. The highest BCUT2D eigenvalue weighted by Crippen LogP contribution is 2.28. The number of nitrogens with one attached hydrogen (secondary N) is 1. The Bertz CT molecular complexity index is 550. The molecule has 1 aromatic rings. The number of hydrogen-bond acceptors (Lipinski definition) is 4. The predicted octanol–water partition coefficient (Wildman–Crippen LogP) is 2.14. The lowest BCUT2D eigenvalue weighted by Gasteiger charge is -2.13. The van der Waals surface area contributed by atoms with Crippen LogP contribution in [0.2, 0.25) is 5.02 Å². The SMILES string of the molecule is CC(CCS(C)=O)NC(=O)c1cccc(Cl)c1[N+](=O)[O-]. The van der Waals surface area contributed by atoms with Gasteiger partial charge < -0.3 is 5.32 Å². The van der Waals surface area contributed by atoms with Crippen LogP contribution in [0.1, 0.15) is 23.7 Å². The fraction of sp³-hybridized carbons (Fsp3) is 0.417. The summed E-state index contributed by atoms with van der Waals surface area (Å²) in [6.45, 7) is 1.75. The summed E-state index contributed by atoms with van der Waals surface area (Å²) in [6, 6.07) is 3.96. The van der Waals surface area contributed by atoms with Gasteiger partial charge in [-0.05, 0) is 25.5 Å². The number of carbonyl (C=O) groups excluding carboxylic acids is 1. The van der Waals surface area contributed by atoms with Crippen molar-refractivity contribution in [2.45, 2.75) is 19.4 Å². The van der Waals surface area contributed by atoms with Crippen molar-refractivity contribution < 1.29 is 13.9 Å². The van der Waals surface area contributed by atoms with E-state index in [9.17, 15) is 19.1 Å². The number of nitro groups is 1. The minimum absolute atomic E-state index is 0.0769. The second-order valence-electron chi connectivity index (χ2n) is 4.33. The summed E-state index contributed by atoms with van der Waals surface area (Å²) in [4.78, 5) is 22.3. The lowest BCUT2D eigenvalue weighted by atomic mass is 10.1. The first-order valence-corrected chi connectivity index (χ1v) is 7.97. The number of para-hydroxylation sites is 1. The van der Waals surface area contributed by atoms with Crippen LogP contribution in [0.5, 0.6) is 0 Å². The number of amides is 1. The summed E-state index contributed by atoms with van der Waals surface area (Å²) in [7, 11) is -0.941. The van der Waals surface area contributed by atoms with Crippen molar-refractivity contribution in [1.29, 1.82) is 0 Å². The Morgan fingerprint density at radius 2 is 2.20 bits per heavy atom. The molecule has 6 nitrogen and oxygen atoms in total. The fourth-order valence-corrected chi connectivity index (χ4v) is 2.53. The molecule has 0 aliphatic heterocycles. The van der Waals surface area contributed by atoms with E-state index in [4.69, 9.17) is 11.6 Å². The second-order valence-corrected chi connectivity index (χ2v) is 6.30. The molecule has 0 aromatic heterocycles. The zero-order valence-electron chi connectivity index (χ0n) is 11.1. The molecule has 1 aromatic carbocycles. The molecule has 0 saturated heterocycles. The van der Waals surface area contributed by atoms with Gasteiger partial charge in [0.25, 0.3) is 5.91 Å². The minimum Gasteiger partial charge on any atom is -0.349 e. The topological polar surface area (TPSA) is 89.3 Å². The van der Waals surface area contributed by atoms with Gasteiger partial charge in [0, 0.05) is 28.9 Å². The molecule has 0 radical (unpaired) electrons. The van der Waals surface area contributed by atoms with Crippen molar-refractivity contribution in [1.82, 2.24) is 5.32 Å². The molecule has 110 valence electrons. The average molecular weight is 319 g/mol. The Morgan fingerprint density at radius 1 is 1.55 bits per heavy atom. The van der Waals surface area contributed by atoms with E-state index in [2.05, 4.69) is 5.32 Å². The van der Waals surface area contributed by atoms with Gasteiger partial charge in [0.05, 0.1) is 4.92 Å². The smallest absolute Gasteiger partial charge is 0.300 e. The highest BCUT2D eigenvalue weighted by molar-refractivity contribution is 7.84.